The molecule has 3 heteroatoms. The first-order valence-corrected chi connectivity index (χ1v) is 6.37. The van der Waals surface area contributed by atoms with Gasteiger partial charge < -0.3 is 4.74 Å². The summed E-state index contributed by atoms with van der Waals surface area (Å²) < 4.78 is 5.45. The third-order valence-electron chi connectivity index (χ3n) is 3.17. The summed E-state index contributed by atoms with van der Waals surface area (Å²) in [7, 11) is 1.68. The van der Waals surface area contributed by atoms with Gasteiger partial charge in [-0.25, -0.2) is 0 Å². The molecule has 0 aliphatic rings. The Bertz CT molecular complexity index is 697. The zero-order chi connectivity index (χ0) is 13.8. The van der Waals surface area contributed by atoms with Gasteiger partial charge in [0.05, 0.1) is 7.11 Å². The van der Waals surface area contributed by atoms with E-state index in [1.807, 2.05) is 48.8 Å². The quantitative estimate of drug-likeness (QED) is 0.719. The van der Waals surface area contributed by atoms with E-state index in [-0.39, 0.29) is 0 Å². The normalized spacial score (nSPS) is 10.2. The SMILES string of the molecule is COc1ccc(-c2cccnc2)cc1-c1cccnc1. The van der Waals surface area contributed by atoms with Gasteiger partial charge in [0, 0.05) is 41.5 Å². The van der Waals surface area contributed by atoms with Crippen LogP contribution in [0.1, 0.15) is 0 Å². The molecule has 0 aliphatic heterocycles. The van der Waals surface area contributed by atoms with E-state index in [1.165, 1.54) is 0 Å². The van der Waals surface area contributed by atoms with E-state index in [9.17, 15) is 0 Å². The van der Waals surface area contributed by atoms with Crippen molar-refractivity contribution in [3.8, 4) is 28.0 Å². The monoisotopic (exact) mass is 262 g/mol. The lowest BCUT2D eigenvalue weighted by Gasteiger charge is -2.11. The Morgan fingerprint density at radius 2 is 1.50 bits per heavy atom. The van der Waals surface area contributed by atoms with Crippen molar-refractivity contribution in [2.45, 2.75) is 0 Å². The minimum atomic E-state index is 0.839. The molecule has 0 unspecified atom stereocenters. The molecular formula is C17H14N2O. The van der Waals surface area contributed by atoms with Crippen molar-refractivity contribution in [2.75, 3.05) is 7.11 Å². The highest BCUT2D eigenvalue weighted by Crippen LogP contribution is 2.33. The molecule has 1 aromatic carbocycles. The minimum Gasteiger partial charge on any atom is -0.496 e. The highest BCUT2D eigenvalue weighted by atomic mass is 16.5. The first kappa shape index (κ1) is 12.4. The molecule has 2 aromatic heterocycles. The third kappa shape index (κ3) is 2.38. The molecule has 0 saturated carbocycles. The minimum absolute atomic E-state index is 0.839. The van der Waals surface area contributed by atoms with Crippen LogP contribution in [0, 0.1) is 0 Å². The highest BCUT2D eigenvalue weighted by Gasteiger charge is 2.08. The van der Waals surface area contributed by atoms with Crippen molar-refractivity contribution in [3.05, 3.63) is 67.3 Å². The van der Waals surface area contributed by atoms with Gasteiger partial charge in [0.1, 0.15) is 5.75 Å². The molecule has 0 bridgehead atoms. The summed E-state index contributed by atoms with van der Waals surface area (Å²) in [6.07, 6.45) is 7.23. The number of pyridine rings is 2. The number of rotatable bonds is 3. The summed E-state index contributed by atoms with van der Waals surface area (Å²) in [5, 5.41) is 0. The third-order valence-corrected chi connectivity index (χ3v) is 3.17. The second-order valence-corrected chi connectivity index (χ2v) is 4.40. The van der Waals surface area contributed by atoms with E-state index >= 15 is 0 Å². The Kier molecular flexibility index (Phi) is 3.42. The molecule has 0 spiro atoms. The van der Waals surface area contributed by atoms with Crippen molar-refractivity contribution in [1.29, 1.82) is 0 Å². The Hall–Kier alpha value is -2.68. The van der Waals surface area contributed by atoms with Crippen LogP contribution in [0.2, 0.25) is 0 Å². The summed E-state index contributed by atoms with van der Waals surface area (Å²) >= 11 is 0. The Labute approximate surface area is 117 Å². The van der Waals surface area contributed by atoms with Gasteiger partial charge in [0.2, 0.25) is 0 Å². The lowest BCUT2D eigenvalue weighted by atomic mass is 10.00. The summed E-state index contributed by atoms with van der Waals surface area (Å²) in [6.45, 7) is 0. The van der Waals surface area contributed by atoms with Crippen LogP contribution < -0.4 is 4.74 Å². The smallest absolute Gasteiger partial charge is 0.126 e. The molecule has 2 heterocycles. The summed E-state index contributed by atoms with van der Waals surface area (Å²) in [6, 6.07) is 14.0. The van der Waals surface area contributed by atoms with Crippen molar-refractivity contribution in [3.63, 3.8) is 0 Å². The second kappa shape index (κ2) is 5.53. The fraction of sp³-hybridized carbons (Fsp3) is 0.0588. The molecule has 0 aliphatic carbocycles. The first-order chi connectivity index (χ1) is 9.88. The molecule has 3 nitrogen and oxygen atoms in total. The van der Waals surface area contributed by atoms with Gasteiger partial charge in [-0.1, -0.05) is 18.2 Å². The van der Waals surface area contributed by atoms with Gasteiger partial charge in [0.25, 0.3) is 0 Å². The summed E-state index contributed by atoms with van der Waals surface area (Å²) in [5.74, 6) is 0.839. The van der Waals surface area contributed by atoms with Crippen LogP contribution in [0.25, 0.3) is 22.3 Å². The van der Waals surface area contributed by atoms with Gasteiger partial charge >= 0.3 is 0 Å². The summed E-state index contributed by atoms with van der Waals surface area (Å²) in [5.41, 5.74) is 4.26. The van der Waals surface area contributed by atoms with E-state index in [4.69, 9.17) is 4.74 Å². The van der Waals surface area contributed by atoms with Gasteiger partial charge in [-0.05, 0) is 29.8 Å². The molecule has 0 amide bonds. The maximum absolute atomic E-state index is 5.45. The number of methoxy groups -OCH3 is 1. The molecule has 98 valence electrons. The number of hydrogen-bond acceptors (Lipinski definition) is 3. The topological polar surface area (TPSA) is 35.0 Å². The van der Waals surface area contributed by atoms with E-state index in [0.29, 0.717) is 0 Å². The zero-order valence-electron chi connectivity index (χ0n) is 11.2. The zero-order valence-corrected chi connectivity index (χ0v) is 11.2. The Morgan fingerprint density at radius 3 is 2.10 bits per heavy atom. The van der Waals surface area contributed by atoms with Crippen LogP contribution in [0.5, 0.6) is 5.75 Å². The van der Waals surface area contributed by atoms with E-state index in [1.54, 1.807) is 19.5 Å². The van der Waals surface area contributed by atoms with Gasteiger partial charge in [-0.2, -0.15) is 0 Å². The Balaban J connectivity index is 2.13. The van der Waals surface area contributed by atoms with Gasteiger partial charge in [-0.15, -0.1) is 0 Å². The number of benzene rings is 1. The number of hydrogen-bond donors (Lipinski definition) is 0. The predicted octanol–water partition coefficient (Wildman–Crippen LogP) is 3.82. The average Bonchev–Trinajstić information content (AvgIpc) is 2.56. The van der Waals surface area contributed by atoms with E-state index < -0.39 is 0 Å². The molecule has 0 fully saturated rings. The Morgan fingerprint density at radius 1 is 0.800 bits per heavy atom. The van der Waals surface area contributed by atoms with Crippen LogP contribution in [0.4, 0.5) is 0 Å². The van der Waals surface area contributed by atoms with Crippen LogP contribution in [-0.4, -0.2) is 17.1 Å². The van der Waals surface area contributed by atoms with Crippen molar-refractivity contribution in [2.24, 2.45) is 0 Å². The second-order valence-electron chi connectivity index (χ2n) is 4.40. The average molecular weight is 262 g/mol. The maximum atomic E-state index is 5.45. The predicted molar refractivity (Wildman–Crippen MR) is 79.5 cm³/mol. The van der Waals surface area contributed by atoms with Crippen LogP contribution >= 0.6 is 0 Å². The van der Waals surface area contributed by atoms with Gasteiger partial charge in [0.15, 0.2) is 0 Å². The molecular weight excluding hydrogens is 248 g/mol. The molecule has 3 rings (SSSR count). The van der Waals surface area contributed by atoms with Crippen LogP contribution in [0.3, 0.4) is 0 Å². The van der Waals surface area contributed by atoms with Crippen molar-refractivity contribution < 1.29 is 4.74 Å². The summed E-state index contributed by atoms with van der Waals surface area (Å²) in [4.78, 5) is 8.33. The number of aromatic nitrogens is 2. The fourth-order valence-corrected chi connectivity index (χ4v) is 2.17. The molecule has 0 saturated heterocycles. The maximum Gasteiger partial charge on any atom is 0.126 e. The first-order valence-electron chi connectivity index (χ1n) is 6.37. The van der Waals surface area contributed by atoms with Crippen molar-refractivity contribution >= 4 is 0 Å². The lowest BCUT2D eigenvalue weighted by molar-refractivity contribution is 0.416. The fourth-order valence-electron chi connectivity index (χ4n) is 2.17. The lowest BCUT2D eigenvalue weighted by Crippen LogP contribution is -1.90. The largest absolute Gasteiger partial charge is 0.496 e. The van der Waals surface area contributed by atoms with Gasteiger partial charge in [-0.3, -0.25) is 9.97 Å². The molecule has 0 N–H and O–H groups in total. The number of ether oxygens (including phenoxy) is 1. The molecule has 0 radical (unpaired) electrons. The highest BCUT2D eigenvalue weighted by molar-refractivity contribution is 5.77. The molecule has 0 atom stereocenters. The number of nitrogens with zero attached hydrogens (tertiary/aromatic N) is 2. The molecule has 3 aromatic rings. The van der Waals surface area contributed by atoms with E-state index in [0.717, 1.165) is 28.0 Å². The van der Waals surface area contributed by atoms with Crippen molar-refractivity contribution in [1.82, 2.24) is 9.97 Å². The van der Waals surface area contributed by atoms with Crippen LogP contribution in [0.15, 0.2) is 67.3 Å². The standard InChI is InChI=1S/C17H14N2O/c1-20-17-7-6-13(14-4-2-8-18-11-14)10-16(17)15-5-3-9-19-12-15/h2-12H,1H3. The molecule has 20 heavy (non-hydrogen) atoms. The van der Waals surface area contributed by atoms with E-state index in [2.05, 4.69) is 16.0 Å². The van der Waals surface area contributed by atoms with Crippen LogP contribution in [-0.2, 0) is 0 Å².